The van der Waals surface area contributed by atoms with Crippen LogP contribution in [0.5, 0.6) is 23.0 Å². The lowest BCUT2D eigenvalue weighted by molar-refractivity contribution is 0.194. The van der Waals surface area contributed by atoms with Crippen molar-refractivity contribution in [1.29, 1.82) is 0 Å². The number of nitrogens with one attached hydrogen (secondary N) is 2. The quantitative estimate of drug-likeness (QED) is 0.109. The smallest absolute Gasteiger partial charge is 0.125 e. The molecule has 0 saturated carbocycles. The van der Waals surface area contributed by atoms with Gasteiger partial charge in [-0.3, -0.25) is 0 Å². The van der Waals surface area contributed by atoms with Gasteiger partial charge < -0.3 is 29.6 Å². The summed E-state index contributed by atoms with van der Waals surface area (Å²) in [5.41, 5.74) is 2.35. The summed E-state index contributed by atoms with van der Waals surface area (Å²) in [5.74, 6) is 3.36. The van der Waals surface area contributed by atoms with Crippen molar-refractivity contribution in [1.82, 2.24) is 10.6 Å². The maximum Gasteiger partial charge on any atom is 0.125 e. The molecule has 4 rings (SSSR count). The van der Waals surface area contributed by atoms with Gasteiger partial charge in [0.1, 0.15) is 35.2 Å². The molecular weight excluding hydrogens is 536 g/mol. The van der Waals surface area contributed by atoms with Crippen LogP contribution in [0.15, 0.2) is 109 Å². The zero-order valence-corrected chi connectivity index (χ0v) is 24.8. The molecule has 2 unspecified atom stereocenters. The van der Waals surface area contributed by atoms with E-state index in [1.165, 1.54) is 11.1 Å². The molecule has 2 N–H and O–H groups in total. The molecule has 230 valence electrons. The normalized spacial score (nSPS) is 12.0. The summed E-state index contributed by atoms with van der Waals surface area (Å²) in [6, 6.07) is 36.5. The highest BCUT2D eigenvalue weighted by Crippen LogP contribution is 2.28. The average molecular weight is 585 g/mol. The molecule has 4 aromatic carbocycles. The van der Waals surface area contributed by atoms with Crippen LogP contribution in [0.3, 0.4) is 0 Å². The largest absolute Gasteiger partial charge is 0.494 e. The van der Waals surface area contributed by atoms with Crippen LogP contribution in [0.1, 0.15) is 56.4 Å². The summed E-state index contributed by atoms with van der Waals surface area (Å²) in [4.78, 5) is 0. The second-order valence-electron chi connectivity index (χ2n) is 10.2. The minimum absolute atomic E-state index is 0. The van der Waals surface area contributed by atoms with E-state index >= 15 is 0 Å². The molecular formula is C37H48N2O4. The van der Waals surface area contributed by atoms with E-state index in [0.717, 1.165) is 61.8 Å². The molecule has 0 radical (unpaired) electrons. The molecule has 6 heteroatoms. The minimum atomic E-state index is 0. The molecule has 43 heavy (non-hydrogen) atoms. The predicted octanol–water partition coefficient (Wildman–Crippen LogP) is 8.02. The van der Waals surface area contributed by atoms with Crippen molar-refractivity contribution in [3.8, 4) is 23.0 Å². The van der Waals surface area contributed by atoms with Crippen molar-refractivity contribution in [3.05, 3.63) is 120 Å². The van der Waals surface area contributed by atoms with Crippen LogP contribution in [0.4, 0.5) is 0 Å². The Hall–Kier alpha value is -4.00. The standard InChI is InChI=1S/C36H44N2O4.CH4/c1-37-25-23-35(29-11-5-3-6-12-29)41-33-19-15-31(16-20-33)39-27-9-10-28-40-32-17-21-34(22-18-32)42-36(24-26-38-2)30-13-7-4-8-14-30;/h3-8,11-22,35-38H,9-10,23-28H2,1-2H3;1H4. The number of ether oxygens (including phenoxy) is 4. The first-order valence-corrected chi connectivity index (χ1v) is 14.9. The second kappa shape index (κ2) is 19.2. The van der Waals surface area contributed by atoms with E-state index in [2.05, 4.69) is 34.9 Å². The third-order valence-electron chi connectivity index (χ3n) is 6.94. The maximum atomic E-state index is 6.30. The first-order chi connectivity index (χ1) is 20.7. The molecule has 0 fully saturated rings. The summed E-state index contributed by atoms with van der Waals surface area (Å²) >= 11 is 0. The lowest BCUT2D eigenvalue weighted by Gasteiger charge is -2.20. The van der Waals surface area contributed by atoms with E-state index in [4.69, 9.17) is 18.9 Å². The molecule has 0 bridgehead atoms. The van der Waals surface area contributed by atoms with E-state index in [-0.39, 0.29) is 19.6 Å². The van der Waals surface area contributed by atoms with Crippen LogP contribution in [0, 0.1) is 0 Å². The highest BCUT2D eigenvalue weighted by Gasteiger charge is 2.14. The van der Waals surface area contributed by atoms with Gasteiger partial charge in [-0.25, -0.2) is 0 Å². The number of hydrogen-bond donors (Lipinski definition) is 2. The van der Waals surface area contributed by atoms with Gasteiger partial charge in [0, 0.05) is 12.8 Å². The van der Waals surface area contributed by atoms with Gasteiger partial charge in [0.15, 0.2) is 0 Å². The molecule has 6 nitrogen and oxygen atoms in total. The number of unbranched alkanes of at least 4 members (excludes halogenated alkanes) is 1. The fraction of sp³-hybridized carbons (Fsp3) is 0.351. The summed E-state index contributed by atoms with van der Waals surface area (Å²) in [6.45, 7) is 3.05. The third kappa shape index (κ3) is 11.7. The van der Waals surface area contributed by atoms with Crippen LogP contribution in [-0.4, -0.2) is 40.4 Å². The van der Waals surface area contributed by atoms with Gasteiger partial charge in [0.05, 0.1) is 13.2 Å². The van der Waals surface area contributed by atoms with Crippen molar-refractivity contribution in [2.24, 2.45) is 0 Å². The van der Waals surface area contributed by atoms with Gasteiger partial charge in [-0.1, -0.05) is 68.1 Å². The fourth-order valence-electron chi connectivity index (χ4n) is 4.62. The first kappa shape index (κ1) is 33.5. The zero-order valence-electron chi connectivity index (χ0n) is 24.8. The Bertz CT molecular complexity index is 1150. The molecule has 0 spiro atoms. The SMILES string of the molecule is C.CNCCC(Oc1ccc(OCCCCOc2ccc(OC(CCNC)c3ccccc3)cc2)cc1)c1ccccc1. The molecule has 0 aromatic heterocycles. The lowest BCUT2D eigenvalue weighted by atomic mass is 10.1. The topological polar surface area (TPSA) is 61.0 Å². The maximum absolute atomic E-state index is 6.30. The molecule has 0 aliphatic rings. The fourth-order valence-corrected chi connectivity index (χ4v) is 4.62. The Morgan fingerprint density at radius 1 is 0.488 bits per heavy atom. The monoisotopic (exact) mass is 584 g/mol. The third-order valence-corrected chi connectivity index (χ3v) is 6.94. The van der Waals surface area contributed by atoms with E-state index in [1.54, 1.807) is 0 Å². The van der Waals surface area contributed by atoms with Crippen molar-refractivity contribution in [2.75, 3.05) is 40.4 Å². The highest BCUT2D eigenvalue weighted by atomic mass is 16.5. The average Bonchev–Trinajstić information content (AvgIpc) is 3.05. The van der Waals surface area contributed by atoms with Gasteiger partial charge in [-0.2, -0.15) is 0 Å². The Morgan fingerprint density at radius 3 is 1.19 bits per heavy atom. The molecule has 2 atom stereocenters. The number of hydrogen-bond acceptors (Lipinski definition) is 6. The Balaban J connectivity index is 0.00000506. The highest BCUT2D eigenvalue weighted by molar-refractivity contribution is 5.33. The van der Waals surface area contributed by atoms with Crippen LogP contribution in [-0.2, 0) is 0 Å². The molecule has 0 heterocycles. The van der Waals surface area contributed by atoms with E-state index in [1.807, 2.05) is 99.0 Å². The summed E-state index contributed by atoms with van der Waals surface area (Å²) in [6.07, 6.45) is 3.61. The van der Waals surface area contributed by atoms with Crippen molar-refractivity contribution in [3.63, 3.8) is 0 Å². The van der Waals surface area contributed by atoms with Gasteiger partial charge in [0.2, 0.25) is 0 Å². The molecule has 4 aromatic rings. The number of rotatable bonds is 19. The molecule has 0 saturated heterocycles. The Labute approximate surface area is 258 Å². The van der Waals surface area contributed by atoms with Crippen LogP contribution in [0.2, 0.25) is 0 Å². The van der Waals surface area contributed by atoms with Crippen LogP contribution >= 0.6 is 0 Å². The van der Waals surface area contributed by atoms with Crippen molar-refractivity contribution >= 4 is 0 Å². The van der Waals surface area contributed by atoms with Gasteiger partial charge in [-0.05, 0) is 99.7 Å². The van der Waals surface area contributed by atoms with E-state index < -0.39 is 0 Å². The number of benzene rings is 4. The van der Waals surface area contributed by atoms with E-state index in [0.29, 0.717) is 13.2 Å². The minimum Gasteiger partial charge on any atom is -0.494 e. The van der Waals surface area contributed by atoms with Gasteiger partial charge in [-0.15, -0.1) is 0 Å². The van der Waals surface area contributed by atoms with Crippen molar-refractivity contribution in [2.45, 2.75) is 45.3 Å². The summed E-state index contributed by atoms with van der Waals surface area (Å²) < 4.78 is 24.5. The Kier molecular flexibility index (Phi) is 15.0. The van der Waals surface area contributed by atoms with Crippen molar-refractivity contribution < 1.29 is 18.9 Å². The summed E-state index contributed by atoms with van der Waals surface area (Å²) in [7, 11) is 3.92. The zero-order chi connectivity index (χ0) is 29.2. The molecule has 0 aliphatic heterocycles. The van der Waals surface area contributed by atoms with Gasteiger partial charge in [0.25, 0.3) is 0 Å². The van der Waals surface area contributed by atoms with Crippen LogP contribution in [0.25, 0.3) is 0 Å². The van der Waals surface area contributed by atoms with Gasteiger partial charge >= 0.3 is 0 Å². The molecule has 0 amide bonds. The summed E-state index contributed by atoms with van der Waals surface area (Å²) in [5, 5.41) is 6.43. The Morgan fingerprint density at radius 2 is 0.837 bits per heavy atom. The predicted molar refractivity (Wildman–Crippen MR) is 177 cm³/mol. The van der Waals surface area contributed by atoms with Crippen LogP contribution < -0.4 is 29.6 Å². The second-order valence-corrected chi connectivity index (χ2v) is 10.2. The lowest BCUT2D eigenvalue weighted by Crippen LogP contribution is -2.16. The molecule has 0 aliphatic carbocycles. The first-order valence-electron chi connectivity index (χ1n) is 14.9. The van der Waals surface area contributed by atoms with E-state index in [9.17, 15) is 0 Å².